The molecule has 1 aromatic carbocycles. The number of aliphatic hydroxyl groups excluding tert-OH is 1. The highest BCUT2D eigenvalue weighted by Gasteiger charge is 2.53. The number of ether oxygens (including phenoxy) is 1. The topological polar surface area (TPSA) is 49.8 Å². The molecule has 2 fully saturated rings. The molecule has 114 valence electrons. The van der Waals surface area contributed by atoms with Gasteiger partial charge in [-0.25, -0.2) is 0 Å². The van der Waals surface area contributed by atoms with Gasteiger partial charge in [-0.05, 0) is 32.4 Å². The summed E-state index contributed by atoms with van der Waals surface area (Å²) >= 11 is 0. The van der Waals surface area contributed by atoms with Crippen molar-refractivity contribution in [1.29, 1.82) is 0 Å². The van der Waals surface area contributed by atoms with E-state index in [0.717, 1.165) is 6.42 Å². The maximum atomic E-state index is 12.3. The number of hydrogen-bond donors (Lipinski definition) is 1. The monoisotopic (exact) mass is 289 g/mol. The summed E-state index contributed by atoms with van der Waals surface area (Å²) in [4.78, 5) is 14.5. The molecule has 2 aliphatic rings. The molecule has 2 bridgehead atoms. The number of nitrogens with zero attached hydrogens (tertiary/aromatic N) is 1. The summed E-state index contributed by atoms with van der Waals surface area (Å²) in [6.07, 6.45) is 1.11. The fourth-order valence-corrected chi connectivity index (χ4v) is 4.10. The number of carbonyl (C=O) groups is 1. The van der Waals surface area contributed by atoms with Crippen LogP contribution in [0, 0.1) is 12.8 Å². The SMILES string of the molecule is COC(=O)[C@H]1[C@H]2C[C@H](O)[C@H](C[C@H]1c1ccc(C)cc1)N2C. The second-order valence-electron chi connectivity index (χ2n) is 6.41. The van der Waals surface area contributed by atoms with Gasteiger partial charge in [0.1, 0.15) is 0 Å². The van der Waals surface area contributed by atoms with Gasteiger partial charge in [0.15, 0.2) is 0 Å². The van der Waals surface area contributed by atoms with E-state index in [-0.39, 0.29) is 36.0 Å². The van der Waals surface area contributed by atoms with Crippen LogP contribution in [0.2, 0.25) is 0 Å². The van der Waals surface area contributed by atoms with Gasteiger partial charge >= 0.3 is 5.97 Å². The largest absolute Gasteiger partial charge is 0.469 e. The summed E-state index contributed by atoms with van der Waals surface area (Å²) in [7, 11) is 3.46. The van der Waals surface area contributed by atoms with Crippen molar-refractivity contribution in [1.82, 2.24) is 4.90 Å². The second kappa shape index (κ2) is 5.43. The number of benzene rings is 1. The molecular formula is C17H23NO3. The van der Waals surface area contributed by atoms with Crippen molar-refractivity contribution in [3.8, 4) is 0 Å². The molecule has 2 aliphatic heterocycles. The predicted molar refractivity (Wildman–Crippen MR) is 80.0 cm³/mol. The lowest BCUT2D eigenvalue weighted by molar-refractivity contribution is -0.150. The molecule has 0 aliphatic carbocycles. The van der Waals surface area contributed by atoms with Crippen LogP contribution in [0.3, 0.4) is 0 Å². The Morgan fingerprint density at radius 3 is 2.52 bits per heavy atom. The molecule has 0 aromatic heterocycles. The first-order valence-electron chi connectivity index (χ1n) is 7.57. The average molecular weight is 289 g/mol. The number of aliphatic hydroxyl groups is 1. The van der Waals surface area contributed by atoms with Gasteiger partial charge in [0, 0.05) is 18.0 Å². The standard InChI is InChI=1S/C17H23NO3/c1-10-4-6-11(7-5-10)12-8-13-15(19)9-14(18(13)2)16(12)17(20)21-3/h4-7,12-16,19H,8-9H2,1-3H3/t12-,13-,14+,15-,16+/m0/s1. The van der Waals surface area contributed by atoms with Crippen LogP contribution >= 0.6 is 0 Å². The number of aryl methyl sites for hydroxylation is 1. The molecule has 0 radical (unpaired) electrons. The Hall–Kier alpha value is -1.39. The summed E-state index contributed by atoms with van der Waals surface area (Å²) in [6, 6.07) is 8.58. The smallest absolute Gasteiger partial charge is 0.310 e. The lowest BCUT2D eigenvalue weighted by Gasteiger charge is -2.41. The Morgan fingerprint density at radius 2 is 1.90 bits per heavy atom. The summed E-state index contributed by atoms with van der Waals surface area (Å²) < 4.78 is 5.05. The Bertz CT molecular complexity index is 527. The van der Waals surface area contributed by atoms with Gasteiger partial charge in [-0.3, -0.25) is 9.69 Å². The van der Waals surface area contributed by atoms with Crippen molar-refractivity contribution < 1.29 is 14.6 Å². The predicted octanol–water partition coefficient (Wildman–Crippen LogP) is 1.71. The van der Waals surface area contributed by atoms with Gasteiger partial charge in [0.2, 0.25) is 0 Å². The van der Waals surface area contributed by atoms with Gasteiger partial charge < -0.3 is 9.84 Å². The van der Waals surface area contributed by atoms with Gasteiger partial charge in [0.25, 0.3) is 0 Å². The van der Waals surface area contributed by atoms with Gasteiger partial charge in [-0.15, -0.1) is 0 Å². The number of hydrogen-bond acceptors (Lipinski definition) is 4. The minimum atomic E-state index is -0.345. The van der Waals surface area contributed by atoms with Crippen molar-refractivity contribution in [2.75, 3.05) is 14.2 Å². The molecule has 4 heteroatoms. The van der Waals surface area contributed by atoms with Crippen LogP contribution in [-0.2, 0) is 9.53 Å². The van der Waals surface area contributed by atoms with Crippen LogP contribution in [0.5, 0.6) is 0 Å². The number of methoxy groups -OCH3 is 1. The van der Waals surface area contributed by atoms with Crippen LogP contribution in [-0.4, -0.2) is 48.3 Å². The van der Waals surface area contributed by atoms with E-state index in [1.54, 1.807) is 0 Å². The number of fused-ring (bicyclic) bond motifs is 2. The van der Waals surface area contributed by atoms with E-state index in [2.05, 4.69) is 36.1 Å². The molecule has 4 nitrogen and oxygen atoms in total. The molecule has 2 heterocycles. The van der Waals surface area contributed by atoms with E-state index in [9.17, 15) is 9.90 Å². The first-order valence-corrected chi connectivity index (χ1v) is 7.57. The van der Waals surface area contributed by atoms with E-state index in [1.165, 1.54) is 18.2 Å². The third-order valence-electron chi connectivity index (χ3n) is 5.30. The molecule has 5 atom stereocenters. The third kappa shape index (κ3) is 2.36. The first-order chi connectivity index (χ1) is 10.0. The molecule has 21 heavy (non-hydrogen) atoms. The molecule has 1 N–H and O–H groups in total. The minimum absolute atomic E-state index is 0.0671. The number of likely N-dealkylation sites (N-methyl/N-ethyl adjacent to an activating group) is 1. The van der Waals surface area contributed by atoms with Gasteiger partial charge in [-0.2, -0.15) is 0 Å². The zero-order chi connectivity index (χ0) is 15.1. The molecule has 0 unspecified atom stereocenters. The number of rotatable bonds is 2. The molecule has 1 aromatic rings. The second-order valence-corrected chi connectivity index (χ2v) is 6.41. The Kier molecular flexibility index (Phi) is 3.76. The summed E-state index contributed by atoms with van der Waals surface area (Å²) in [5.74, 6) is -0.234. The summed E-state index contributed by atoms with van der Waals surface area (Å²) in [5, 5.41) is 10.3. The van der Waals surface area contributed by atoms with E-state index < -0.39 is 0 Å². The number of esters is 1. The highest BCUT2D eigenvalue weighted by Crippen LogP contribution is 2.46. The normalized spacial score (nSPS) is 35.7. The molecular weight excluding hydrogens is 266 g/mol. The molecule has 2 saturated heterocycles. The first kappa shape index (κ1) is 14.5. The Balaban J connectivity index is 1.97. The third-order valence-corrected chi connectivity index (χ3v) is 5.30. The molecule has 3 rings (SSSR count). The Morgan fingerprint density at radius 1 is 1.24 bits per heavy atom. The number of carbonyl (C=O) groups excluding carboxylic acids is 1. The van der Waals surface area contributed by atoms with E-state index in [0.29, 0.717) is 6.42 Å². The van der Waals surface area contributed by atoms with Crippen LogP contribution in [0.25, 0.3) is 0 Å². The zero-order valence-corrected chi connectivity index (χ0v) is 12.8. The zero-order valence-electron chi connectivity index (χ0n) is 12.8. The maximum Gasteiger partial charge on any atom is 0.310 e. The van der Waals surface area contributed by atoms with Crippen molar-refractivity contribution >= 4 is 5.97 Å². The van der Waals surface area contributed by atoms with Gasteiger partial charge in [-0.1, -0.05) is 29.8 Å². The van der Waals surface area contributed by atoms with Crippen molar-refractivity contribution in [3.05, 3.63) is 35.4 Å². The molecule has 0 amide bonds. The quantitative estimate of drug-likeness (QED) is 0.842. The molecule has 0 spiro atoms. The summed E-state index contributed by atoms with van der Waals surface area (Å²) in [6.45, 7) is 2.06. The number of piperidine rings is 1. The average Bonchev–Trinajstić information content (AvgIpc) is 2.66. The van der Waals surface area contributed by atoms with E-state index >= 15 is 0 Å². The van der Waals surface area contributed by atoms with Crippen LogP contribution in [0.1, 0.15) is 29.9 Å². The Labute approximate surface area is 125 Å². The van der Waals surface area contributed by atoms with Crippen LogP contribution in [0.4, 0.5) is 0 Å². The lowest BCUT2D eigenvalue weighted by atomic mass is 9.76. The highest BCUT2D eigenvalue weighted by molar-refractivity contribution is 5.75. The van der Waals surface area contributed by atoms with Crippen molar-refractivity contribution in [2.24, 2.45) is 5.92 Å². The fourth-order valence-electron chi connectivity index (χ4n) is 4.10. The van der Waals surface area contributed by atoms with Gasteiger partial charge in [0.05, 0.1) is 19.1 Å². The van der Waals surface area contributed by atoms with Crippen molar-refractivity contribution in [2.45, 2.75) is 43.9 Å². The van der Waals surface area contributed by atoms with E-state index in [1.807, 2.05) is 7.05 Å². The minimum Gasteiger partial charge on any atom is -0.469 e. The van der Waals surface area contributed by atoms with Crippen LogP contribution in [0.15, 0.2) is 24.3 Å². The highest BCUT2D eigenvalue weighted by atomic mass is 16.5. The fraction of sp³-hybridized carbons (Fsp3) is 0.588. The van der Waals surface area contributed by atoms with E-state index in [4.69, 9.17) is 4.74 Å². The molecule has 0 saturated carbocycles. The summed E-state index contributed by atoms with van der Waals surface area (Å²) in [5.41, 5.74) is 2.39. The van der Waals surface area contributed by atoms with Crippen LogP contribution < -0.4 is 0 Å². The van der Waals surface area contributed by atoms with Crippen molar-refractivity contribution in [3.63, 3.8) is 0 Å². The lowest BCUT2D eigenvalue weighted by Crippen LogP contribution is -2.49. The maximum absolute atomic E-state index is 12.3.